The minimum atomic E-state index is -0.270. The summed E-state index contributed by atoms with van der Waals surface area (Å²) in [6.07, 6.45) is -0.105. The Morgan fingerprint density at radius 2 is 2.33 bits per heavy atom. The maximum Gasteiger partial charge on any atom is 0.248 e. The molecule has 52 valence electrons. The molecule has 3 nitrogen and oxygen atoms in total. The smallest absolute Gasteiger partial charge is 0.248 e. The van der Waals surface area contributed by atoms with Gasteiger partial charge in [0, 0.05) is 6.54 Å². The van der Waals surface area contributed by atoms with Crippen molar-refractivity contribution in [1.82, 2.24) is 5.32 Å². The molecule has 1 saturated heterocycles. The monoisotopic (exact) mass is 129 g/mol. The third-order valence-electron chi connectivity index (χ3n) is 1.37. The summed E-state index contributed by atoms with van der Waals surface area (Å²) in [5.74, 6) is -0.00639. The molecule has 9 heavy (non-hydrogen) atoms. The molecule has 0 aromatic rings. The van der Waals surface area contributed by atoms with E-state index in [0.717, 1.165) is 0 Å². The molecule has 0 aliphatic carbocycles. The van der Waals surface area contributed by atoms with Crippen LogP contribution in [0.25, 0.3) is 0 Å². The predicted octanol–water partition coefficient (Wildman–Crippen LogP) is -0.0902. The second-order valence-corrected chi connectivity index (χ2v) is 2.33. The van der Waals surface area contributed by atoms with Crippen LogP contribution < -0.4 is 5.32 Å². The summed E-state index contributed by atoms with van der Waals surface area (Å²) in [6.45, 7) is 4.34. The van der Waals surface area contributed by atoms with E-state index in [4.69, 9.17) is 4.74 Å². The molecule has 1 aliphatic rings. The Morgan fingerprint density at radius 1 is 1.67 bits per heavy atom. The summed E-state index contributed by atoms with van der Waals surface area (Å²) in [4.78, 5) is 10.7. The van der Waals surface area contributed by atoms with Crippen LogP contribution in [-0.4, -0.2) is 24.7 Å². The van der Waals surface area contributed by atoms with Gasteiger partial charge in [-0.1, -0.05) is 0 Å². The largest absolute Gasteiger partial charge is 0.364 e. The van der Waals surface area contributed by atoms with Gasteiger partial charge in [0.1, 0.15) is 6.10 Å². The topological polar surface area (TPSA) is 38.3 Å². The molecule has 0 radical (unpaired) electrons. The Hall–Kier alpha value is -0.570. The summed E-state index contributed by atoms with van der Waals surface area (Å²) in [5, 5.41) is 2.72. The molecule has 0 spiro atoms. The first-order chi connectivity index (χ1) is 4.20. The zero-order valence-corrected chi connectivity index (χ0v) is 5.68. The third kappa shape index (κ3) is 1.42. The van der Waals surface area contributed by atoms with E-state index in [1.54, 1.807) is 6.92 Å². The minimum Gasteiger partial charge on any atom is -0.364 e. The number of amides is 1. The maximum atomic E-state index is 10.7. The van der Waals surface area contributed by atoms with E-state index in [0.29, 0.717) is 6.54 Å². The number of nitrogens with one attached hydrogen (secondary N) is 1. The molecular weight excluding hydrogens is 118 g/mol. The van der Waals surface area contributed by atoms with Crippen molar-refractivity contribution >= 4 is 5.91 Å². The summed E-state index contributed by atoms with van der Waals surface area (Å²) >= 11 is 0. The molecule has 1 amide bonds. The normalized spacial score (nSPS) is 36.0. The van der Waals surface area contributed by atoms with Gasteiger partial charge >= 0.3 is 0 Å². The quantitative estimate of drug-likeness (QED) is 0.496. The van der Waals surface area contributed by atoms with Crippen molar-refractivity contribution in [3.63, 3.8) is 0 Å². The highest BCUT2D eigenvalue weighted by molar-refractivity contribution is 5.80. The molecule has 1 fully saturated rings. The molecule has 0 bridgehead atoms. The molecule has 0 aromatic heterocycles. The lowest BCUT2D eigenvalue weighted by Gasteiger charge is -2.24. The number of carbonyl (C=O) groups is 1. The Balaban J connectivity index is 2.44. The van der Waals surface area contributed by atoms with Crippen LogP contribution in [0.2, 0.25) is 0 Å². The third-order valence-corrected chi connectivity index (χ3v) is 1.37. The first-order valence-corrected chi connectivity index (χ1v) is 3.13. The number of morpholine rings is 1. The van der Waals surface area contributed by atoms with Crippen molar-refractivity contribution in [2.45, 2.75) is 26.1 Å². The fourth-order valence-corrected chi connectivity index (χ4v) is 0.846. The van der Waals surface area contributed by atoms with Gasteiger partial charge in [0.05, 0.1) is 6.10 Å². The lowest BCUT2D eigenvalue weighted by atomic mass is 10.3. The Kier molecular flexibility index (Phi) is 1.71. The summed E-state index contributed by atoms with van der Waals surface area (Å²) in [6, 6.07) is 0. The fourth-order valence-electron chi connectivity index (χ4n) is 0.846. The van der Waals surface area contributed by atoms with E-state index in [2.05, 4.69) is 5.32 Å². The van der Waals surface area contributed by atoms with E-state index >= 15 is 0 Å². The summed E-state index contributed by atoms with van der Waals surface area (Å²) in [5.41, 5.74) is 0. The highest BCUT2D eigenvalue weighted by Gasteiger charge is 2.21. The number of carbonyl (C=O) groups excluding carboxylic acids is 1. The fraction of sp³-hybridized carbons (Fsp3) is 0.833. The summed E-state index contributed by atoms with van der Waals surface area (Å²) in [7, 11) is 0. The van der Waals surface area contributed by atoms with Crippen LogP contribution in [0.3, 0.4) is 0 Å². The Labute approximate surface area is 54.4 Å². The highest BCUT2D eigenvalue weighted by atomic mass is 16.5. The van der Waals surface area contributed by atoms with E-state index in [-0.39, 0.29) is 18.1 Å². The molecule has 1 rings (SSSR count). The van der Waals surface area contributed by atoms with Gasteiger partial charge in [0.15, 0.2) is 0 Å². The van der Waals surface area contributed by atoms with Gasteiger partial charge in [-0.15, -0.1) is 0 Å². The number of hydrogen-bond donors (Lipinski definition) is 1. The van der Waals surface area contributed by atoms with Gasteiger partial charge in [-0.25, -0.2) is 0 Å². The minimum absolute atomic E-state index is 0.00639. The molecular formula is C6H11NO2. The van der Waals surface area contributed by atoms with Crippen molar-refractivity contribution in [3.05, 3.63) is 0 Å². The van der Waals surface area contributed by atoms with Crippen LogP contribution in [0.1, 0.15) is 13.8 Å². The van der Waals surface area contributed by atoms with Gasteiger partial charge in [0.2, 0.25) is 5.91 Å². The van der Waals surface area contributed by atoms with Gasteiger partial charge in [-0.05, 0) is 13.8 Å². The molecule has 0 saturated carbocycles. The number of rotatable bonds is 0. The van der Waals surface area contributed by atoms with Crippen molar-refractivity contribution in [3.8, 4) is 0 Å². The van der Waals surface area contributed by atoms with Crippen molar-refractivity contribution in [1.29, 1.82) is 0 Å². The molecule has 1 aliphatic heterocycles. The first kappa shape index (κ1) is 6.55. The Morgan fingerprint density at radius 3 is 2.78 bits per heavy atom. The van der Waals surface area contributed by atoms with Crippen molar-refractivity contribution in [2.24, 2.45) is 0 Å². The molecule has 3 heteroatoms. The average Bonchev–Trinajstić information content (AvgIpc) is 1.80. The zero-order valence-electron chi connectivity index (χ0n) is 5.68. The maximum absolute atomic E-state index is 10.7. The lowest BCUT2D eigenvalue weighted by Crippen LogP contribution is -2.46. The zero-order chi connectivity index (χ0) is 6.85. The Bertz CT molecular complexity index is 124. The van der Waals surface area contributed by atoms with Gasteiger partial charge in [0.25, 0.3) is 0 Å². The van der Waals surface area contributed by atoms with E-state index in [1.807, 2.05) is 6.92 Å². The molecule has 1 N–H and O–H groups in total. The average molecular weight is 129 g/mol. The van der Waals surface area contributed by atoms with Gasteiger partial charge in [-0.3, -0.25) is 4.79 Å². The lowest BCUT2D eigenvalue weighted by molar-refractivity contribution is -0.141. The number of hydrogen-bond acceptors (Lipinski definition) is 2. The van der Waals surface area contributed by atoms with Crippen LogP contribution in [0.15, 0.2) is 0 Å². The van der Waals surface area contributed by atoms with Crippen molar-refractivity contribution < 1.29 is 9.53 Å². The van der Waals surface area contributed by atoms with Crippen LogP contribution in [0.4, 0.5) is 0 Å². The second kappa shape index (κ2) is 2.35. The van der Waals surface area contributed by atoms with Crippen LogP contribution in [-0.2, 0) is 9.53 Å². The SMILES string of the molecule is C[C@@H]1O[C@@H](C)CNC1=O. The molecule has 0 unspecified atom stereocenters. The summed E-state index contributed by atoms with van der Waals surface area (Å²) < 4.78 is 5.19. The highest BCUT2D eigenvalue weighted by Crippen LogP contribution is 2.01. The van der Waals surface area contributed by atoms with Gasteiger partial charge < -0.3 is 10.1 Å². The van der Waals surface area contributed by atoms with E-state index in [9.17, 15) is 4.79 Å². The van der Waals surface area contributed by atoms with Crippen LogP contribution in [0.5, 0.6) is 0 Å². The van der Waals surface area contributed by atoms with Crippen LogP contribution in [0, 0.1) is 0 Å². The van der Waals surface area contributed by atoms with E-state index in [1.165, 1.54) is 0 Å². The predicted molar refractivity (Wildman–Crippen MR) is 33.0 cm³/mol. The molecule has 0 aromatic carbocycles. The molecule has 2 atom stereocenters. The van der Waals surface area contributed by atoms with Crippen LogP contribution >= 0.6 is 0 Å². The van der Waals surface area contributed by atoms with E-state index < -0.39 is 0 Å². The standard InChI is InChI=1S/C6H11NO2/c1-4-3-7-6(8)5(2)9-4/h4-5H,3H2,1-2H3,(H,7,8)/t4-,5-/m0/s1. The van der Waals surface area contributed by atoms with Crippen molar-refractivity contribution in [2.75, 3.05) is 6.54 Å². The first-order valence-electron chi connectivity index (χ1n) is 3.13. The van der Waals surface area contributed by atoms with Gasteiger partial charge in [-0.2, -0.15) is 0 Å². The second-order valence-electron chi connectivity index (χ2n) is 2.33. The number of ether oxygens (including phenoxy) is 1. The molecule has 1 heterocycles.